The van der Waals surface area contributed by atoms with E-state index in [-0.39, 0.29) is 29.0 Å². The standard InChI is InChI=1S/C29H28N4O5S/c1-29(2,30)18-7-4-6-17(14-18)26(35)31-19-8-5-9-20(15-19)38-22-13-12-21-24(23(22)27(36)37-3)39-28(32-21)33-25(34)16-10-11-16/h4-9,12-16H,10-11,30H2,1-3H3,(H,31,35)(H,32,33,34). The van der Waals surface area contributed by atoms with E-state index >= 15 is 0 Å². The molecule has 39 heavy (non-hydrogen) atoms. The second-order valence-corrected chi connectivity index (χ2v) is 10.9. The molecule has 1 saturated carbocycles. The van der Waals surface area contributed by atoms with Gasteiger partial charge in [0.2, 0.25) is 5.91 Å². The maximum absolute atomic E-state index is 12.9. The van der Waals surface area contributed by atoms with E-state index in [4.69, 9.17) is 15.2 Å². The summed E-state index contributed by atoms with van der Waals surface area (Å²) in [6.07, 6.45) is 1.75. The van der Waals surface area contributed by atoms with Crippen molar-refractivity contribution >= 4 is 50.2 Å². The Morgan fingerprint density at radius 2 is 1.79 bits per heavy atom. The lowest BCUT2D eigenvalue weighted by atomic mass is 9.94. The van der Waals surface area contributed by atoms with Crippen LogP contribution in [0.25, 0.3) is 10.2 Å². The molecule has 3 aromatic carbocycles. The van der Waals surface area contributed by atoms with Gasteiger partial charge in [-0.3, -0.25) is 9.59 Å². The summed E-state index contributed by atoms with van der Waals surface area (Å²) in [4.78, 5) is 42.4. The maximum atomic E-state index is 12.9. The van der Waals surface area contributed by atoms with Crippen molar-refractivity contribution in [3.8, 4) is 11.5 Å². The number of esters is 1. The molecule has 1 aliphatic rings. The van der Waals surface area contributed by atoms with Crippen molar-refractivity contribution in [1.82, 2.24) is 4.98 Å². The SMILES string of the molecule is COC(=O)c1c(Oc2cccc(NC(=O)c3cccc(C(C)(C)N)c3)c2)ccc2nc(NC(=O)C3CC3)sc12. The molecule has 1 aromatic heterocycles. The number of hydrogen-bond donors (Lipinski definition) is 3. The average Bonchev–Trinajstić information content (AvgIpc) is 3.68. The summed E-state index contributed by atoms with van der Waals surface area (Å²) >= 11 is 1.19. The average molecular weight is 545 g/mol. The van der Waals surface area contributed by atoms with Gasteiger partial charge < -0.3 is 25.8 Å². The van der Waals surface area contributed by atoms with Crippen LogP contribution in [0, 0.1) is 5.92 Å². The van der Waals surface area contributed by atoms with Crippen LogP contribution in [-0.2, 0) is 15.1 Å². The predicted octanol–water partition coefficient (Wildman–Crippen LogP) is 5.67. The molecule has 2 amide bonds. The number of anilines is 2. The van der Waals surface area contributed by atoms with Crippen molar-refractivity contribution in [1.29, 1.82) is 0 Å². The first-order valence-corrected chi connectivity index (χ1v) is 13.3. The molecule has 0 spiro atoms. The molecule has 1 heterocycles. The number of methoxy groups -OCH3 is 1. The van der Waals surface area contributed by atoms with E-state index in [2.05, 4.69) is 15.6 Å². The van der Waals surface area contributed by atoms with Crippen LogP contribution < -0.4 is 21.1 Å². The zero-order valence-electron chi connectivity index (χ0n) is 21.7. The predicted molar refractivity (Wildman–Crippen MR) is 150 cm³/mol. The summed E-state index contributed by atoms with van der Waals surface area (Å²) in [5.41, 5.74) is 8.19. The minimum absolute atomic E-state index is 0.0280. The van der Waals surface area contributed by atoms with Crippen LogP contribution in [0.4, 0.5) is 10.8 Å². The van der Waals surface area contributed by atoms with Gasteiger partial charge in [-0.15, -0.1) is 0 Å². The van der Waals surface area contributed by atoms with Gasteiger partial charge in [0.25, 0.3) is 5.91 Å². The highest BCUT2D eigenvalue weighted by molar-refractivity contribution is 7.22. The lowest BCUT2D eigenvalue weighted by Crippen LogP contribution is -2.29. The number of aromatic nitrogens is 1. The molecule has 0 radical (unpaired) electrons. The highest BCUT2D eigenvalue weighted by Crippen LogP contribution is 2.38. The molecule has 0 aliphatic heterocycles. The third-order valence-corrected chi connectivity index (χ3v) is 7.28. The number of hydrogen-bond acceptors (Lipinski definition) is 8. The van der Waals surface area contributed by atoms with Crippen LogP contribution in [0.2, 0.25) is 0 Å². The number of ether oxygens (including phenoxy) is 2. The summed E-state index contributed by atoms with van der Waals surface area (Å²) in [5, 5.41) is 6.12. The summed E-state index contributed by atoms with van der Waals surface area (Å²) in [5.74, 6) is -0.255. The Balaban J connectivity index is 1.39. The fourth-order valence-corrected chi connectivity index (χ4v) is 4.98. The molecule has 10 heteroatoms. The fraction of sp³-hybridized carbons (Fsp3) is 0.241. The second kappa shape index (κ2) is 10.5. The van der Waals surface area contributed by atoms with Crippen molar-refractivity contribution in [3.63, 3.8) is 0 Å². The Morgan fingerprint density at radius 1 is 1.03 bits per heavy atom. The van der Waals surface area contributed by atoms with Gasteiger partial charge in [0.15, 0.2) is 5.13 Å². The number of nitrogens with one attached hydrogen (secondary N) is 2. The van der Waals surface area contributed by atoms with Gasteiger partial charge in [0, 0.05) is 28.8 Å². The molecule has 0 bridgehead atoms. The van der Waals surface area contributed by atoms with Crippen LogP contribution in [0.5, 0.6) is 11.5 Å². The lowest BCUT2D eigenvalue weighted by molar-refractivity contribution is -0.117. The number of nitrogens with zero attached hydrogens (tertiary/aromatic N) is 1. The highest BCUT2D eigenvalue weighted by Gasteiger charge is 2.30. The lowest BCUT2D eigenvalue weighted by Gasteiger charge is -2.19. The number of carbonyl (C=O) groups excluding carboxylic acids is 3. The second-order valence-electron chi connectivity index (χ2n) is 9.95. The summed E-state index contributed by atoms with van der Waals surface area (Å²) < 4.78 is 11.7. The molecule has 9 nitrogen and oxygen atoms in total. The van der Waals surface area contributed by atoms with Gasteiger partial charge in [-0.05, 0) is 68.7 Å². The molecule has 4 N–H and O–H groups in total. The zero-order chi connectivity index (χ0) is 27.7. The van der Waals surface area contributed by atoms with Gasteiger partial charge in [0.05, 0.1) is 17.3 Å². The van der Waals surface area contributed by atoms with Crippen LogP contribution in [0.1, 0.15) is 53.0 Å². The van der Waals surface area contributed by atoms with Crippen LogP contribution in [-0.4, -0.2) is 29.9 Å². The molecule has 0 unspecified atom stereocenters. The Labute approximate surface area is 229 Å². The Kier molecular flexibility index (Phi) is 7.07. The fourth-order valence-electron chi connectivity index (χ4n) is 3.99. The maximum Gasteiger partial charge on any atom is 0.343 e. The number of carbonyl (C=O) groups is 3. The molecule has 1 aliphatic carbocycles. The van der Waals surface area contributed by atoms with E-state index in [0.29, 0.717) is 32.3 Å². The number of rotatable bonds is 8. The molecule has 4 aromatic rings. The Bertz CT molecular complexity index is 1590. The van der Waals surface area contributed by atoms with E-state index < -0.39 is 11.5 Å². The van der Waals surface area contributed by atoms with Crippen molar-refractivity contribution in [2.24, 2.45) is 11.7 Å². The van der Waals surface area contributed by atoms with Gasteiger partial charge in [0.1, 0.15) is 17.1 Å². The van der Waals surface area contributed by atoms with E-state index in [9.17, 15) is 14.4 Å². The van der Waals surface area contributed by atoms with Crippen LogP contribution >= 0.6 is 11.3 Å². The number of benzene rings is 3. The number of amides is 2. The molecule has 1 fully saturated rings. The van der Waals surface area contributed by atoms with Gasteiger partial charge >= 0.3 is 5.97 Å². The molecular weight excluding hydrogens is 516 g/mol. The van der Waals surface area contributed by atoms with E-state index in [1.54, 1.807) is 54.6 Å². The first-order chi connectivity index (χ1) is 18.6. The molecule has 0 atom stereocenters. The van der Waals surface area contributed by atoms with E-state index in [0.717, 1.165) is 18.4 Å². The first kappa shape index (κ1) is 26.3. The van der Waals surface area contributed by atoms with Crippen molar-refractivity contribution < 1.29 is 23.9 Å². The van der Waals surface area contributed by atoms with Crippen molar-refractivity contribution in [2.75, 3.05) is 17.7 Å². The van der Waals surface area contributed by atoms with Crippen molar-refractivity contribution in [2.45, 2.75) is 32.2 Å². The van der Waals surface area contributed by atoms with E-state index in [1.807, 2.05) is 19.9 Å². The minimum Gasteiger partial charge on any atom is -0.465 e. The summed E-state index contributed by atoms with van der Waals surface area (Å²) in [7, 11) is 1.29. The topological polar surface area (TPSA) is 133 Å². The Morgan fingerprint density at radius 3 is 2.51 bits per heavy atom. The largest absolute Gasteiger partial charge is 0.465 e. The first-order valence-electron chi connectivity index (χ1n) is 12.4. The van der Waals surface area contributed by atoms with Crippen molar-refractivity contribution in [3.05, 3.63) is 77.4 Å². The number of fused-ring (bicyclic) bond motifs is 1. The van der Waals surface area contributed by atoms with Gasteiger partial charge in [-0.25, -0.2) is 9.78 Å². The third kappa shape index (κ3) is 5.92. The smallest absolute Gasteiger partial charge is 0.343 e. The summed E-state index contributed by atoms with van der Waals surface area (Å²) in [6.45, 7) is 3.75. The molecule has 0 saturated heterocycles. The molecular formula is C29H28N4O5S. The zero-order valence-corrected chi connectivity index (χ0v) is 22.6. The summed E-state index contributed by atoms with van der Waals surface area (Å²) in [6, 6.07) is 17.4. The highest BCUT2D eigenvalue weighted by atomic mass is 32.1. The minimum atomic E-state index is -0.591. The quantitative estimate of drug-likeness (QED) is 0.243. The molecule has 5 rings (SSSR count). The van der Waals surface area contributed by atoms with Crippen LogP contribution in [0.15, 0.2) is 60.7 Å². The van der Waals surface area contributed by atoms with Crippen LogP contribution in [0.3, 0.4) is 0 Å². The normalized spacial score (nSPS) is 13.1. The third-order valence-electron chi connectivity index (χ3n) is 6.28. The monoisotopic (exact) mass is 544 g/mol. The number of thiazole rings is 1. The van der Waals surface area contributed by atoms with Gasteiger partial charge in [-0.1, -0.05) is 29.5 Å². The van der Waals surface area contributed by atoms with Gasteiger partial charge in [-0.2, -0.15) is 0 Å². The number of nitrogens with two attached hydrogens (primary N) is 1. The Hall–Kier alpha value is -4.28. The molecule has 200 valence electrons. The van der Waals surface area contributed by atoms with E-state index in [1.165, 1.54) is 18.4 Å².